The van der Waals surface area contributed by atoms with Crippen LogP contribution in [0.25, 0.3) is 22.2 Å². The van der Waals surface area contributed by atoms with E-state index in [1.807, 2.05) is 13.8 Å². The van der Waals surface area contributed by atoms with Crippen molar-refractivity contribution in [1.29, 1.82) is 0 Å². The Morgan fingerprint density at radius 1 is 1.11 bits per heavy atom. The van der Waals surface area contributed by atoms with Crippen LogP contribution in [0, 0.1) is 5.82 Å². The van der Waals surface area contributed by atoms with E-state index < -0.39 is 18.4 Å². The molecule has 1 aromatic carbocycles. The molecule has 2 aromatic heterocycles. The Kier molecular flexibility index (Phi) is 14.3. The lowest BCUT2D eigenvalue weighted by Gasteiger charge is -2.34. The van der Waals surface area contributed by atoms with E-state index in [4.69, 9.17) is 15.2 Å². The first-order chi connectivity index (χ1) is 21.4. The molecule has 4 rings (SSSR count). The molecular weight excluding hydrogens is 612 g/mol. The number of nitrogens with zero attached hydrogens (tertiary/aromatic N) is 4. The number of methoxy groups -OCH3 is 2. The molecule has 14 heteroatoms. The number of benzene rings is 1. The van der Waals surface area contributed by atoms with Crippen molar-refractivity contribution in [3.8, 4) is 11.1 Å². The second-order valence-corrected chi connectivity index (χ2v) is 12.1. The van der Waals surface area contributed by atoms with Gasteiger partial charge in [-0.15, -0.1) is 0 Å². The molecule has 0 bridgehead atoms. The first-order valence-corrected chi connectivity index (χ1v) is 16.1. The molecule has 0 saturated heterocycles. The molecule has 0 aliphatic heterocycles. The lowest BCUT2D eigenvalue weighted by molar-refractivity contribution is -0.129. The molecule has 0 spiro atoms. The molecule has 1 aliphatic carbocycles. The first-order valence-electron chi connectivity index (χ1n) is 15.1. The van der Waals surface area contributed by atoms with Crippen molar-refractivity contribution < 1.29 is 27.0 Å². The minimum atomic E-state index is -4.27. The molecule has 250 valence electrons. The molecule has 0 amide bonds. The average Bonchev–Trinajstić information content (AvgIpc) is 3.00. The molecular formula is C31H44F4N6O3S. The van der Waals surface area contributed by atoms with Crippen molar-refractivity contribution in [2.24, 2.45) is 0 Å². The summed E-state index contributed by atoms with van der Waals surface area (Å²) in [5.74, 6) is -0.901. The molecule has 0 radical (unpaired) electrons. The van der Waals surface area contributed by atoms with Gasteiger partial charge in [0.1, 0.15) is 11.5 Å². The Balaban J connectivity index is 0.000000309. The van der Waals surface area contributed by atoms with Gasteiger partial charge in [-0.05, 0) is 50.5 Å². The fourth-order valence-electron chi connectivity index (χ4n) is 5.22. The number of alkyl halides is 3. The summed E-state index contributed by atoms with van der Waals surface area (Å²) in [5, 5.41) is 0.567. The fourth-order valence-corrected chi connectivity index (χ4v) is 5.98. The van der Waals surface area contributed by atoms with E-state index >= 15 is 0 Å². The summed E-state index contributed by atoms with van der Waals surface area (Å²) in [4.78, 5) is 23.7. The maximum absolute atomic E-state index is 14.5. The van der Waals surface area contributed by atoms with Gasteiger partial charge in [0.05, 0.1) is 25.3 Å². The number of nitrogens with one attached hydrogen (secondary N) is 1. The van der Waals surface area contributed by atoms with Gasteiger partial charge in [0.2, 0.25) is 5.95 Å². The number of aromatic nitrogens is 3. The van der Waals surface area contributed by atoms with Gasteiger partial charge in [-0.25, -0.2) is 9.37 Å². The largest absolute Gasteiger partial charge is 0.389 e. The zero-order valence-electron chi connectivity index (χ0n) is 26.3. The number of anilines is 2. The highest BCUT2D eigenvalue weighted by molar-refractivity contribution is 8.00. The van der Waals surface area contributed by atoms with Gasteiger partial charge < -0.3 is 19.9 Å². The smallest absolute Gasteiger partial charge is 0.383 e. The van der Waals surface area contributed by atoms with Gasteiger partial charge in [-0.3, -0.25) is 14.3 Å². The number of ether oxygens (including phenoxy) is 2. The topological polar surface area (TPSA) is 108 Å². The molecule has 45 heavy (non-hydrogen) atoms. The van der Waals surface area contributed by atoms with E-state index in [-0.39, 0.29) is 34.6 Å². The Hall–Kier alpha value is -2.94. The fraction of sp³-hybridized carbons (Fsp3) is 0.581. The zero-order chi connectivity index (χ0) is 33.0. The van der Waals surface area contributed by atoms with Crippen molar-refractivity contribution in [1.82, 2.24) is 19.4 Å². The maximum atomic E-state index is 14.5. The summed E-state index contributed by atoms with van der Waals surface area (Å²) in [7, 11) is 3.55. The maximum Gasteiger partial charge on any atom is 0.389 e. The SMILES string of the molecule is CC(C)n1c(=O)c(-c2ccc(NSCCC(F)(F)F)c(F)c2)cc2cnc(N)nc21.COCCN(CCOC)C1CCCCC1. The lowest BCUT2D eigenvalue weighted by Crippen LogP contribution is -2.40. The quantitative estimate of drug-likeness (QED) is 0.118. The van der Waals surface area contributed by atoms with Crippen LogP contribution in [0.1, 0.15) is 58.4 Å². The summed E-state index contributed by atoms with van der Waals surface area (Å²) >= 11 is 0.758. The molecule has 1 fully saturated rings. The molecule has 9 nitrogen and oxygen atoms in total. The van der Waals surface area contributed by atoms with Crippen molar-refractivity contribution in [2.75, 3.05) is 56.7 Å². The molecule has 3 N–H and O–H groups in total. The van der Waals surface area contributed by atoms with Crippen molar-refractivity contribution in [3.05, 3.63) is 46.6 Å². The molecule has 2 heterocycles. The van der Waals surface area contributed by atoms with E-state index in [0.29, 0.717) is 16.6 Å². The second-order valence-electron chi connectivity index (χ2n) is 11.2. The number of fused-ring (bicyclic) bond motifs is 1. The predicted molar refractivity (Wildman–Crippen MR) is 173 cm³/mol. The average molecular weight is 657 g/mol. The highest BCUT2D eigenvalue weighted by Crippen LogP contribution is 2.28. The Morgan fingerprint density at radius 3 is 2.36 bits per heavy atom. The Labute approximate surface area is 266 Å². The number of nitrogen functional groups attached to an aromatic ring is 1. The van der Waals surface area contributed by atoms with E-state index in [2.05, 4.69) is 19.6 Å². The molecule has 3 aromatic rings. The van der Waals surface area contributed by atoms with Gasteiger partial charge in [0.25, 0.3) is 5.56 Å². The predicted octanol–water partition coefficient (Wildman–Crippen LogP) is 6.69. The highest BCUT2D eigenvalue weighted by atomic mass is 32.2. The van der Waals surface area contributed by atoms with Gasteiger partial charge in [0, 0.05) is 62.3 Å². The Morgan fingerprint density at radius 2 is 1.78 bits per heavy atom. The van der Waals surface area contributed by atoms with Crippen LogP contribution in [0.15, 0.2) is 35.3 Å². The van der Waals surface area contributed by atoms with E-state index in [0.717, 1.165) is 50.4 Å². The standard InChI is InChI=1S/C19H19F4N5OS.C12H25NO2/c1-10(2)28-16-12(9-25-18(24)26-16)7-13(17(28)29)11-3-4-15(14(20)8-11)27-30-6-5-19(21,22)23;1-14-10-8-13(9-11-15-2)12-6-4-3-5-7-12/h3-4,7-10,27H,5-6H2,1-2H3,(H2,24,25,26);12H,3-11H2,1-2H3. The van der Waals surface area contributed by atoms with Gasteiger partial charge in [-0.2, -0.15) is 18.2 Å². The van der Waals surface area contributed by atoms with Crippen LogP contribution < -0.4 is 16.0 Å². The van der Waals surface area contributed by atoms with E-state index in [1.165, 1.54) is 55.0 Å². The van der Waals surface area contributed by atoms with Crippen LogP contribution in [-0.2, 0) is 9.47 Å². The summed E-state index contributed by atoms with van der Waals surface area (Å²) in [6.07, 6.45) is 3.14. The normalized spacial score (nSPS) is 14.2. The molecule has 0 unspecified atom stereocenters. The van der Waals surface area contributed by atoms with Crippen LogP contribution in [0.2, 0.25) is 0 Å². The number of hydrogen-bond acceptors (Lipinski definition) is 9. The molecule has 1 aliphatic rings. The Bertz CT molecular complexity index is 1410. The zero-order valence-corrected chi connectivity index (χ0v) is 27.1. The van der Waals surface area contributed by atoms with Gasteiger partial charge >= 0.3 is 6.18 Å². The van der Waals surface area contributed by atoms with Gasteiger partial charge in [0.15, 0.2) is 0 Å². The minimum absolute atomic E-state index is 0.0343. The second kappa shape index (κ2) is 17.7. The van der Waals surface area contributed by atoms with E-state index in [1.54, 1.807) is 20.3 Å². The van der Waals surface area contributed by atoms with Crippen LogP contribution in [0.4, 0.5) is 29.2 Å². The summed E-state index contributed by atoms with van der Waals surface area (Å²) in [5.41, 5.74) is 6.27. The number of halogens is 4. The number of nitrogens with two attached hydrogens (primary N) is 1. The van der Waals surface area contributed by atoms with Crippen LogP contribution in [0.3, 0.4) is 0 Å². The first kappa shape index (κ1) is 36.5. The van der Waals surface area contributed by atoms with Crippen molar-refractivity contribution in [2.45, 2.75) is 70.6 Å². The monoisotopic (exact) mass is 656 g/mol. The van der Waals surface area contributed by atoms with Gasteiger partial charge in [-0.1, -0.05) is 37.3 Å². The summed E-state index contributed by atoms with van der Waals surface area (Å²) < 4.78 is 65.5. The molecule has 0 atom stereocenters. The molecule has 1 saturated carbocycles. The van der Waals surface area contributed by atoms with E-state index in [9.17, 15) is 22.4 Å². The number of rotatable bonds is 13. The number of hydrogen-bond donors (Lipinski definition) is 2. The van der Waals surface area contributed by atoms with Crippen LogP contribution in [-0.4, -0.2) is 77.9 Å². The summed E-state index contributed by atoms with van der Waals surface area (Å²) in [6, 6.07) is 6.18. The third-order valence-corrected chi connectivity index (χ3v) is 8.29. The third-order valence-electron chi connectivity index (χ3n) is 7.51. The summed E-state index contributed by atoms with van der Waals surface area (Å²) in [6.45, 7) is 7.39. The number of pyridine rings is 1. The minimum Gasteiger partial charge on any atom is -0.383 e. The van der Waals surface area contributed by atoms with Crippen molar-refractivity contribution in [3.63, 3.8) is 0 Å². The third kappa shape index (κ3) is 11.1. The van der Waals surface area contributed by atoms with Crippen LogP contribution in [0.5, 0.6) is 0 Å². The van der Waals surface area contributed by atoms with Crippen molar-refractivity contribution >= 4 is 34.6 Å². The van der Waals surface area contributed by atoms with Crippen LogP contribution >= 0.6 is 11.9 Å². The highest BCUT2D eigenvalue weighted by Gasteiger charge is 2.26. The lowest BCUT2D eigenvalue weighted by atomic mass is 9.94.